The summed E-state index contributed by atoms with van der Waals surface area (Å²) in [5.74, 6) is 0.737. The Bertz CT molecular complexity index is 577. The van der Waals surface area contributed by atoms with Crippen LogP contribution in [0.3, 0.4) is 0 Å². The number of amides is 1. The number of hydrogen-bond donors (Lipinski definition) is 2. The molecule has 0 aliphatic carbocycles. The molecule has 1 amide bonds. The lowest BCUT2D eigenvalue weighted by molar-refractivity contribution is -0.119. The second kappa shape index (κ2) is 5.79. The molecule has 1 fully saturated rings. The first-order valence-electron chi connectivity index (χ1n) is 6.72. The van der Waals surface area contributed by atoms with Crippen molar-refractivity contribution in [3.63, 3.8) is 0 Å². The molecule has 5 heteroatoms. The van der Waals surface area contributed by atoms with Gasteiger partial charge in [-0.3, -0.25) is 4.79 Å². The van der Waals surface area contributed by atoms with Crippen molar-refractivity contribution in [1.29, 1.82) is 0 Å². The van der Waals surface area contributed by atoms with E-state index in [2.05, 4.69) is 20.6 Å². The van der Waals surface area contributed by atoms with Crippen molar-refractivity contribution in [2.24, 2.45) is 5.92 Å². The summed E-state index contributed by atoms with van der Waals surface area (Å²) in [4.78, 5) is 20.5. The SMILES string of the molecule is O=C(Nc1cnc(-c2ccccc2)nc1)C1CCNC1. The Kier molecular flexibility index (Phi) is 3.69. The number of carbonyl (C=O) groups is 1. The Labute approximate surface area is 117 Å². The van der Waals surface area contributed by atoms with Gasteiger partial charge in [0.25, 0.3) is 0 Å². The lowest BCUT2D eigenvalue weighted by atomic mass is 10.1. The molecule has 1 atom stereocenters. The third-order valence-electron chi connectivity index (χ3n) is 3.38. The van der Waals surface area contributed by atoms with E-state index >= 15 is 0 Å². The summed E-state index contributed by atoms with van der Waals surface area (Å²) in [5, 5.41) is 6.04. The molecular formula is C15H16N4O. The summed E-state index contributed by atoms with van der Waals surface area (Å²) in [5.41, 5.74) is 1.60. The second-order valence-electron chi connectivity index (χ2n) is 4.84. The summed E-state index contributed by atoms with van der Waals surface area (Å²) in [6.45, 7) is 1.65. The number of hydrogen-bond acceptors (Lipinski definition) is 4. The van der Waals surface area contributed by atoms with E-state index in [4.69, 9.17) is 0 Å². The third kappa shape index (κ3) is 2.83. The highest BCUT2D eigenvalue weighted by Gasteiger charge is 2.22. The minimum atomic E-state index is 0.0334. The Morgan fingerprint density at radius 2 is 1.95 bits per heavy atom. The van der Waals surface area contributed by atoms with Crippen LogP contribution in [0.5, 0.6) is 0 Å². The highest BCUT2D eigenvalue weighted by Crippen LogP contribution is 2.16. The molecule has 1 aliphatic rings. The topological polar surface area (TPSA) is 66.9 Å². The van der Waals surface area contributed by atoms with E-state index in [1.54, 1.807) is 12.4 Å². The lowest BCUT2D eigenvalue weighted by Crippen LogP contribution is -2.24. The van der Waals surface area contributed by atoms with Gasteiger partial charge in [-0.1, -0.05) is 30.3 Å². The van der Waals surface area contributed by atoms with Gasteiger partial charge < -0.3 is 10.6 Å². The third-order valence-corrected chi connectivity index (χ3v) is 3.38. The number of aromatic nitrogens is 2. The van der Waals surface area contributed by atoms with Crippen molar-refractivity contribution in [3.05, 3.63) is 42.7 Å². The van der Waals surface area contributed by atoms with Crippen LogP contribution in [0.1, 0.15) is 6.42 Å². The van der Waals surface area contributed by atoms with Crippen LogP contribution in [0.15, 0.2) is 42.7 Å². The zero-order valence-corrected chi connectivity index (χ0v) is 11.0. The van der Waals surface area contributed by atoms with E-state index in [-0.39, 0.29) is 11.8 Å². The second-order valence-corrected chi connectivity index (χ2v) is 4.84. The van der Waals surface area contributed by atoms with Crippen molar-refractivity contribution >= 4 is 11.6 Å². The maximum absolute atomic E-state index is 12.0. The van der Waals surface area contributed by atoms with E-state index in [1.165, 1.54) is 0 Å². The predicted molar refractivity (Wildman–Crippen MR) is 77.1 cm³/mol. The van der Waals surface area contributed by atoms with E-state index in [0.717, 1.165) is 25.1 Å². The average molecular weight is 268 g/mol. The maximum atomic E-state index is 12.0. The van der Waals surface area contributed by atoms with E-state index < -0.39 is 0 Å². The van der Waals surface area contributed by atoms with Crippen LogP contribution >= 0.6 is 0 Å². The number of benzene rings is 1. The first kappa shape index (κ1) is 12.7. The monoisotopic (exact) mass is 268 g/mol. The molecule has 20 heavy (non-hydrogen) atoms. The summed E-state index contributed by atoms with van der Waals surface area (Å²) in [6.07, 6.45) is 4.18. The van der Waals surface area contributed by atoms with Crippen LogP contribution in [-0.4, -0.2) is 29.0 Å². The molecule has 3 rings (SSSR count). The molecule has 2 N–H and O–H groups in total. The maximum Gasteiger partial charge on any atom is 0.228 e. The van der Waals surface area contributed by atoms with Gasteiger partial charge in [-0.2, -0.15) is 0 Å². The fourth-order valence-corrected chi connectivity index (χ4v) is 2.25. The van der Waals surface area contributed by atoms with Crippen LogP contribution in [0.2, 0.25) is 0 Å². The molecule has 0 spiro atoms. The summed E-state index contributed by atoms with van der Waals surface area (Å²) >= 11 is 0. The number of anilines is 1. The average Bonchev–Trinajstić information content (AvgIpc) is 3.03. The van der Waals surface area contributed by atoms with Gasteiger partial charge in [0, 0.05) is 12.1 Å². The minimum absolute atomic E-state index is 0.0334. The molecule has 5 nitrogen and oxygen atoms in total. The van der Waals surface area contributed by atoms with E-state index in [0.29, 0.717) is 11.5 Å². The van der Waals surface area contributed by atoms with Gasteiger partial charge in [-0.15, -0.1) is 0 Å². The molecule has 1 aromatic heterocycles. The van der Waals surface area contributed by atoms with Gasteiger partial charge in [-0.05, 0) is 13.0 Å². The fourth-order valence-electron chi connectivity index (χ4n) is 2.25. The van der Waals surface area contributed by atoms with Gasteiger partial charge in [0.1, 0.15) is 0 Å². The molecule has 1 aromatic carbocycles. The zero-order valence-electron chi connectivity index (χ0n) is 11.0. The fraction of sp³-hybridized carbons (Fsp3) is 0.267. The molecule has 102 valence electrons. The van der Waals surface area contributed by atoms with Crippen molar-refractivity contribution in [1.82, 2.24) is 15.3 Å². The van der Waals surface area contributed by atoms with Crippen molar-refractivity contribution in [2.75, 3.05) is 18.4 Å². The highest BCUT2D eigenvalue weighted by molar-refractivity contribution is 5.92. The normalized spacial score (nSPS) is 17.9. The largest absolute Gasteiger partial charge is 0.323 e. The highest BCUT2D eigenvalue weighted by atomic mass is 16.1. The van der Waals surface area contributed by atoms with Crippen molar-refractivity contribution in [3.8, 4) is 11.4 Å². The van der Waals surface area contributed by atoms with E-state index in [9.17, 15) is 4.79 Å². The molecule has 1 aliphatic heterocycles. The molecule has 0 bridgehead atoms. The molecular weight excluding hydrogens is 252 g/mol. The Morgan fingerprint density at radius 3 is 2.60 bits per heavy atom. The summed E-state index contributed by atoms with van der Waals surface area (Å²) < 4.78 is 0. The minimum Gasteiger partial charge on any atom is -0.323 e. The quantitative estimate of drug-likeness (QED) is 0.889. The van der Waals surface area contributed by atoms with Gasteiger partial charge in [0.15, 0.2) is 5.82 Å². The number of carbonyl (C=O) groups excluding carboxylic acids is 1. The molecule has 2 aromatic rings. The van der Waals surface area contributed by atoms with Crippen molar-refractivity contribution < 1.29 is 4.79 Å². The van der Waals surface area contributed by atoms with Crippen LogP contribution in [0.4, 0.5) is 5.69 Å². The lowest BCUT2D eigenvalue weighted by Gasteiger charge is -2.09. The van der Waals surface area contributed by atoms with Crippen LogP contribution in [0.25, 0.3) is 11.4 Å². The first-order valence-corrected chi connectivity index (χ1v) is 6.72. The Morgan fingerprint density at radius 1 is 1.20 bits per heavy atom. The van der Waals surface area contributed by atoms with Crippen LogP contribution in [-0.2, 0) is 4.79 Å². The molecule has 1 saturated heterocycles. The zero-order chi connectivity index (χ0) is 13.8. The van der Waals surface area contributed by atoms with Gasteiger partial charge in [-0.25, -0.2) is 9.97 Å². The van der Waals surface area contributed by atoms with Gasteiger partial charge >= 0.3 is 0 Å². The standard InChI is InChI=1S/C15H16N4O/c20-15(12-6-7-16-8-12)19-13-9-17-14(18-10-13)11-4-2-1-3-5-11/h1-5,9-10,12,16H,6-8H2,(H,19,20). The Balaban J connectivity index is 1.68. The molecule has 2 heterocycles. The molecule has 0 radical (unpaired) electrons. The van der Waals surface area contributed by atoms with Gasteiger partial charge in [0.05, 0.1) is 24.0 Å². The summed E-state index contributed by atoms with van der Waals surface area (Å²) in [7, 11) is 0. The Hall–Kier alpha value is -2.27. The number of rotatable bonds is 3. The number of nitrogens with zero attached hydrogens (tertiary/aromatic N) is 2. The summed E-state index contributed by atoms with van der Waals surface area (Å²) in [6, 6.07) is 9.76. The van der Waals surface area contributed by atoms with Crippen molar-refractivity contribution in [2.45, 2.75) is 6.42 Å². The van der Waals surface area contributed by atoms with E-state index in [1.807, 2.05) is 30.3 Å². The van der Waals surface area contributed by atoms with Crippen LogP contribution in [0, 0.1) is 5.92 Å². The molecule has 0 saturated carbocycles. The first-order chi connectivity index (χ1) is 9.83. The molecule has 1 unspecified atom stereocenters. The predicted octanol–water partition coefficient (Wildman–Crippen LogP) is 1.69. The van der Waals surface area contributed by atoms with Gasteiger partial charge in [0.2, 0.25) is 5.91 Å². The number of nitrogens with one attached hydrogen (secondary N) is 2. The van der Waals surface area contributed by atoms with Crippen LogP contribution < -0.4 is 10.6 Å². The smallest absolute Gasteiger partial charge is 0.228 e.